The highest BCUT2D eigenvalue weighted by atomic mass is 14.8. The highest BCUT2D eigenvalue weighted by Gasteiger charge is 2.09. The quantitative estimate of drug-likeness (QED) is 0.337. The normalized spacial score (nSPS) is 10.5. The van der Waals surface area contributed by atoms with Crippen molar-refractivity contribution in [2.45, 2.75) is 0 Å². The van der Waals surface area contributed by atoms with Gasteiger partial charge in [-0.25, -0.2) is 0 Å². The highest BCUT2D eigenvalue weighted by Crippen LogP contribution is 2.35. The Hall–Kier alpha value is -3.72. The third-order valence-corrected chi connectivity index (χ3v) is 5.39. The first kappa shape index (κ1) is 19.6. The summed E-state index contributed by atoms with van der Waals surface area (Å²) in [7, 11) is 5.86. The van der Waals surface area contributed by atoms with Crippen molar-refractivity contribution in [2.75, 3.05) is 37.1 Å². The smallest absolute Gasteiger partial charge is 0.0343 e. The van der Waals surface area contributed by atoms with Crippen molar-refractivity contribution < 1.29 is 0 Å². The molecule has 0 heterocycles. The van der Waals surface area contributed by atoms with Gasteiger partial charge in [-0.05, 0) is 88.0 Å². The molecule has 4 rings (SSSR count). The van der Waals surface area contributed by atoms with Gasteiger partial charge in [-0.15, -0.1) is 0 Å². The van der Waals surface area contributed by atoms with Gasteiger partial charge in [0.25, 0.3) is 0 Å². The first-order valence-electron chi connectivity index (χ1n) is 10.2. The Morgan fingerprint density at radius 1 is 0.367 bits per heavy atom. The van der Waals surface area contributed by atoms with E-state index in [9.17, 15) is 0 Å². The van der Waals surface area contributed by atoms with Gasteiger partial charge in [-0.2, -0.15) is 0 Å². The zero-order valence-electron chi connectivity index (χ0n) is 17.7. The Bertz CT molecular complexity index is 1010. The van der Waals surface area contributed by atoms with Crippen LogP contribution in [0.5, 0.6) is 0 Å². The summed E-state index contributed by atoms with van der Waals surface area (Å²) in [6.07, 6.45) is 0. The van der Waals surface area contributed by atoms with Crippen LogP contribution < -0.4 is 16.0 Å². The van der Waals surface area contributed by atoms with Crippen LogP contribution in [-0.4, -0.2) is 21.1 Å². The summed E-state index contributed by atoms with van der Waals surface area (Å²) in [5, 5.41) is 9.73. The fraction of sp³-hybridized carbons (Fsp3) is 0.111. The van der Waals surface area contributed by atoms with Crippen LogP contribution >= 0.6 is 0 Å². The van der Waals surface area contributed by atoms with Gasteiger partial charge in [0.05, 0.1) is 0 Å². The maximum atomic E-state index is 3.24. The molecule has 30 heavy (non-hydrogen) atoms. The maximum absolute atomic E-state index is 3.24. The molecule has 3 N–H and O–H groups in total. The second kappa shape index (κ2) is 8.75. The van der Waals surface area contributed by atoms with Crippen molar-refractivity contribution in [3.8, 4) is 33.4 Å². The number of rotatable bonds is 6. The van der Waals surface area contributed by atoms with E-state index >= 15 is 0 Å². The van der Waals surface area contributed by atoms with E-state index < -0.39 is 0 Å². The Labute approximate surface area is 178 Å². The van der Waals surface area contributed by atoms with Gasteiger partial charge in [0.1, 0.15) is 0 Å². The van der Waals surface area contributed by atoms with E-state index in [2.05, 4.69) is 107 Å². The van der Waals surface area contributed by atoms with Crippen LogP contribution in [0.3, 0.4) is 0 Å². The summed E-state index contributed by atoms with van der Waals surface area (Å²) < 4.78 is 0. The Morgan fingerprint density at radius 3 is 0.933 bits per heavy atom. The van der Waals surface area contributed by atoms with Crippen molar-refractivity contribution >= 4 is 17.1 Å². The number of nitrogens with one attached hydrogen (secondary N) is 3. The third-order valence-electron chi connectivity index (χ3n) is 5.39. The van der Waals surface area contributed by atoms with E-state index in [1.54, 1.807) is 0 Å². The minimum absolute atomic E-state index is 1.11. The number of benzene rings is 4. The van der Waals surface area contributed by atoms with E-state index in [1.807, 2.05) is 21.1 Å². The van der Waals surface area contributed by atoms with Gasteiger partial charge in [-0.3, -0.25) is 0 Å². The first-order chi connectivity index (χ1) is 14.7. The molecule has 0 saturated carbocycles. The molecule has 0 atom stereocenters. The number of hydrogen-bond donors (Lipinski definition) is 3. The Morgan fingerprint density at radius 2 is 0.667 bits per heavy atom. The molecule has 0 aliphatic heterocycles. The maximum Gasteiger partial charge on any atom is 0.0343 e. The summed E-state index contributed by atoms with van der Waals surface area (Å²) in [5.74, 6) is 0. The SMILES string of the molecule is CNc1cccc(-c2cc(-c3cccc(NC)c3)cc(-c3cccc(NC)c3)c2)c1. The van der Waals surface area contributed by atoms with Gasteiger partial charge >= 0.3 is 0 Å². The zero-order valence-corrected chi connectivity index (χ0v) is 17.7. The molecule has 0 aromatic heterocycles. The van der Waals surface area contributed by atoms with Crippen LogP contribution in [0.2, 0.25) is 0 Å². The molecule has 4 aromatic rings. The largest absolute Gasteiger partial charge is 0.388 e. The lowest BCUT2D eigenvalue weighted by Gasteiger charge is -2.13. The number of anilines is 3. The summed E-state index contributed by atoms with van der Waals surface area (Å²) in [4.78, 5) is 0. The van der Waals surface area contributed by atoms with Crippen molar-refractivity contribution in [1.29, 1.82) is 0 Å². The lowest BCUT2D eigenvalue weighted by molar-refractivity contribution is 1.49. The molecular formula is C27H27N3. The van der Waals surface area contributed by atoms with E-state index in [0.717, 1.165) is 17.1 Å². The minimum Gasteiger partial charge on any atom is -0.388 e. The molecule has 150 valence electrons. The predicted octanol–water partition coefficient (Wildman–Crippen LogP) is 6.81. The fourth-order valence-corrected chi connectivity index (χ4v) is 3.69. The molecular weight excluding hydrogens is 366 g/mol. The van der Waals surface area contributed by atoms with Crippen LogP contribution in [0.1, 0.15) is 0 Å². The van der Waals surface area contributed by atoms with Crippen LogP contribution in [-0.2, 0) is 0 Å². The third kappa shape index (κ3) is 4.15. The van der Waals surface area contributed by atoms with Gasteiger partial charge in [-0.1, -0.05) is 36.4 Å². The average molecular weight is 394 g/mol. The lowest BCUT2D eigenvalue weighted by atomic mass is 9.93. The molecule has 0 amide bonds. The van der Waals surface area contributed by atoms with E-state index in [-0.39, 0.29) is 0 Å². The molecule has 3 heteroatoms. The molecule has 0 unspecified atom stereocenters. The molecule has 3 nitrogen and oxygen atoms in total. The molecule has 0 bridgehead atoms. The van der Waals surface area contributed by atoms with Crippen molar-refractivity contribution in [2.24, 2.45) is 0 Å². The molecule has 0 spiro atoms. The topological polar surface area (TPSA) is 36.1 Å². The second-order valence-corrected chi connectivity index (χ2v) is 7.29. The Balaban J connectivity index is 1.91. The first-order valence-corrected chi connectivity index (χ1v) is 10.2. The fourth-order valence-electron chi connectivity index (χ4n) is 3.69. The van der Waals surface area contributed by atoms with Gasteiger partial charge in [0.2, 0.25) is 0 Å². The van der Waals surface area contributed by atoms with Crippen LogP contribution in [0.15, 0.2) is 91.0 Å². The summed E-state index contributed by atoms with van der Waals surface area (Å²) in [6.45, 7) is 0. The highest BCUT2D eigenvalue weighted by molar-refractivity contribution is 5.83. The summed E-state index contributed by atoms with van der Waals surface area (Å²) >= 11 is 0. The molecule has 0 saturated heterocycles. The van der Waals surface area contributed by atoms with E-state index in [0.29, 0.717) is 0 Å². The average Bonchev–Trinajstić information content (AvgIpc) is 2.83. The van der Waals surface area contributed by atoms with Gasteiger partial charge in [0, 0.05) is 38.2 Å². The summed E-state index contributed by atoms with van der Waals surface area (Å²) in [5.41, 5.74) is 10.5. The standard InChI is InChI=1S/C27H27N3/c1-28-25-10-4-7-19(16-25)22-13-23(20-8-5-11-26(17-20)29-2)15-24(14-22)21-9-6-12-27(18-21)30-3/h4-18,28-30H,1-3H3. The van der Waals surface area contributed by atoms with Crippen molar-refractivity contribution in [1.82, 2.24) is 0 Å². The van der Waals surface area contributed by atoms with E-state index in [1.165, 1.54) is 33.4 Å². The monoisotopic (exact) mass is 393 g/mol. The Kier molecular flexibility index (Phi) is 5.71. The molecule has 0 radical (unpaired) electrons. The van der Waals surface area contributed by atoms with Crippen molar-refractivity contribution in [3.05, 3.63) is 91.0 Å². The predicted molar refractivity (Wildman–Crippen MR) is 131 cm³/mol. The molecule has 4 aromatic carbocycles. The number of hydrogen-bond acceptors (Lipinski definition) is 3. The zero-order chi connectivity index (χ0) is 20.9. The van der Waals surface area contributed by atoms with E-state index in [4.69, 9.17) is 0 Å². The summed E-state index contributed by atoms with van der Waals surface area (Å²) in [6, 6.07) is 32.4. The van der Waals surface area contributed by atoms with Crippen LogP contribution in [0.25, 0.3) is 33.4 Å². The molecule has 0 aliphatic rings. The molecule has 0 aliphatic carbocycles. The van der Waals surface area contributed by atoms with Crippen molar-refractivity contribution in [3.63, 3.8) is 0 Å². The van der Waals surface area contributed by atoms with Gasteiger partial charge in [0.15, 0.2) is 0 Å². The van der Waals surface area contributed by atoms with Crippen LogP contribution in [0, 0.1) is 0 Å². The van der Waals surface area contributed by atoms with Gasteiger partial charge < -0.3 is 16.0 Å². The lowest BCUT2D eigenvalue weighted by Crippen LogP contribution is -1.91. The molecule has 0 fully saturated rings. The second-order valence-electron chi connectivity index (χ2n) is 7.29. The van der Waals surface area contributed by atoms with Crippen LogP contribution in [0.4, 0.5) is 17.1 Å². The minimum atomic E-state index is 1.11.